The lowest BCUT2D eigenvalue weighted by atomic mass is 10.0. The van der Waals surface area contributed by atoms with Gasteiger partial charge in [0.25, 0.3) is 0 Å². The van der Waals surface area contributed by atoms with Gasteiger partial charge in [0.05, 0.1) is 11.3 Å². The summed E-state index contributed by atoms with van der Waals surface area (Å²) in [5.74, 6) is 0.812. The van der Waals surface area contributed by atoms with Gasteiger partial charge in [0.1, 0.15) is 0 Å². The molecule has 0 aliphatic carbocycles. The fourth-order valence-electron chi connectivity index (χ4n) is 3.43. The van der Waals surface area contributed by atoms with Crippen molar-refractivity contribution in [1.29, 1.82) is 0 Å². The Balaban J connectivity index is 0.00000420. The first-order valence-electron chi connectivity index (χ1n) is 10.2. The van der Waals surface area contributed by atoms with Gasteiger partial charge in [-0.3, -0.25) is 9.89 Å². The quantitative estimate of drug-likeness (QED) is 0.330. The molecule has 1 aliphatic rings. The molecule has 1 saturated heterocycles. The van der Waals surface area contributed by atoms with E-state index >= 15 is 0 Å². The summed E-state index contributed by atoms with van der Waals surface area (Å²) in [6.45, 7) is 12.5. The monoisotopic (exact) mass is 536 g/mol. The molecule has 0 bridgehead atoms. The molecule has 1 aromatic carbocycles. The number of nitrogens with one attached hydrogen (secondary N) is 1. The van der Waals surface area contributed by atoms with E-state index in [0.717, 1.165) is 45.1 Å². The fourth-order valence-corrected chi connectivity index (χ4v) is 3.73. The molecule has 0 aromatic heterocycles. The van der Waals surface area contributed by atoms with Crippen LogP contribution in [0.4, 0.5) is 0 Å². The normalized spacial score (nSPS) is 17.6. The van der Waals surface area contributed by atoms with Crippen molar-refractivity contribution in [2.75, 3.05) is 45.5 Å². The number of hydrogen-bond donors (Lipinski definition) is 1. The molecule has 2 rings (SSSR count). The molecule has 29 heavy (non-hydrogen) atoms. The molecule has 1 N–H and O–H groups in total. The summed E-state index contributed by atoms with van der Waals surface area (Å²) in [7, 11) is -3.16. The minimum absolute atomic E-state index is 0. The minimum Gasteiger partial charge on any atom is -0.357 e. The summed E-state index contributed by atoms with van der Waals surface area (Å²) >= 11 is 0. The van der Waals surface area contributed by atoms with Gasteiger partial charge in [-0.15, -0.1) is 24.0 Å². The van der Waals surface area contributed by atoms with Crippen molar-refractivity contribution >= 4 is 39.8 Å². The number of benzene rings is 1. The molecule has 0 spiro atoms. The number of rotatable bonds is 7. The van der Waals surface area contributed by atoms with Crippen molar-refractivity contribution in [1.82, 2.24) is 15.1 Å². The lowest BCUT2D eigenvalue weighted by molar-refractivity contribution is 0.127. The summed E-state index contributed by atoms with van der Waals surface area (Å²) in [6.07, 6.45) is 2.36. The molecule has 1 heterocycles. The number of sulfone groups is 1. The molecular weight excluding hydrogens is 499 g/mol. The van der Waals surface area contributed by atoms with Crippen molar-refractivity contribution in [2.24, 2.45) is 4.99 Å². The second-order valence-corrected chi connectivity index (χ2v) is 10.7. The average molecular weight is 537 g/mol. The number of nitrogens with zero attached hydrogens (tertiary/aromatic N) is 3. The lowest BCUT2D eigenvalue weighted by Crippen LogP contribution is -2.53. The number of hydrogen-bond acceptors (Lipinski definition) is 4. The topological polar surface area (TPSA) is 65.0 Å². The maximum Gasteiger partial charge on any atom is 0.194 e. The zero-order valence-electron chi connectivity index (χ0n) is 18.4. The molecule has 6 nitrogen and oxygen atoms in total. The second-order valence-electron chi connectivity index (χ2n) is 8.06. The third-order valence-corrected chi connectivity index (χ3v) is 7.71. The van der Waals surface area contributed by atoms with E-state index in [1.807, 2.05) is 6.92 Å². The molecule has 1 aromatic rings. The minimum atomic E-state index is -3.16. The highest BCUT2D eigenvalue weighted by Gasteiger charge is 2.31. The van der Waals surface area contributed by atoms with Crippen molar-refractivity contribution in [2.45, 2.75) is 44.9 Å². The lowest BCUT2D eigenvalue weighted by Gasteiger charge is -2.40. The van der Waals surface area contributed by atoms with Crippen LogP contribution in [0.25, 0.3) is 0 Å². The number of aliphatic imine (C=N–C) groups is 1. The Kier molecular flexibility index (Phi) is 10.4. The summed E-state index contributed by atoms with van der Waals surface area (Å²) in [5.41, 5.74) is 1.37. The predicted octanol–water partition coefficient (Wildman–Crippen LogP) is 3.16. The SMILES string of the molecule is CCNC(=NCC(C)(C)S(C)(=O)=O)N1CCN(C(CC)c2ccccc2)CC1.I. The van der Waals surface area contributed by atoms with Crippen LogP contribution in [0.15, 0.2) is 35.3 Å². The molecule has 0 amide bonds. The maximum absolute atomic E-state index is 12.0. The average Bonchev–Trinajstić information content (AvgIpc) is 2.66. The van der Waals surface area contributed by atoms with Gasteiger partial charge in [0, 0.05) is 45.0 Å². The van der Waals surface area contributed by atoms with Crippen LogP contribution in [0.1, 0.15) is 45.7 Å². The van der Waals surface area contributed by atoms with E-state index < -0.39 is 14.6 Å². The van der Waals surface area contributed by atoms with Gasteiger partial charge >= 0.3 is 0 Å². The van der Waals surface area contributed by atoms with Crippen molar-refractivity contribution in [3.8, 4) is 0 Å². The smallest absolute Gasteiger partial charge is 0.194 e. The van der Waals surface area contributed by atoms with Gasteiger partial charge in [-0.1, -0.05) is 37.3 Å². The van der Waals surface area contributed by atoms with E-state index in [4.69, 9.17) is 0 Å². The largest absolute Gasteiger partial charge is 0.357 e. The Morgan fingerprint density at radius 3 is 2.21 bits per heavy atom. The Morgan fingerprint density at radius 1 is 1.14 bits per heavy atom. The highest BCUT2D eigenvalue weighted by atomic mass is 127. The molecular formula is C21H37IN4O2S. The van der Waals surface area contributed by atoms with Crippen LogP contribution in [0, 0.1) is 0 Å². The first kappa shape index (κ1) is 26.2. The molecule has 1 atom stereocenters. The van der Waals surface area contributed by atoms with Crippen LogP contribution in [0.3, 0.4) is 0 Å². The number of halogens is 1. The molecule has 0 radical (unpaired) electrons. The van der Waals surface area contributed by atoms with Crippen LogP contribution >= 0.6 is 24.0 Å². The van der Waals surface area contributed by atoms with Gasteiger partial charge in [-0.05, 0) is 32.8 Å². The van der Waals surface area contributed by atoms with E-state index in [-0.39, 0.29) is 30.5 Å². The maximum atomic E-state index is 12.0. The van der Waals surface area contributed by atoms with Gasteiger partial charge in [0.2, 0.25) is 0 Å². The van der Waals surface area contributed by atoms with Crippen LogP contribution in [0.5, 0.6) is 0 Å². The second kappa shape index (κ2) is 11.5. The van der Waals surface area contributed by atoms with E-state index in [2.05, 4.69) is 57.4 Å². The van der Waals surface area contributed by atoms with Crippen LogP contribution in [0.2, 0.25) is 0 Å². The fraction of sp³-hybridized carbons (Fsp3) is 0.667. The summed E-state index contributed by atoms with van der Waals surface area (Å²) in [5, 5.41) is 3.33. The van der Waals surface area contributed by atoms with E-state index in [1.54, 1.807) is 13.8 Å². The van der Waals surface area contributed by atoms with Gasteiger partial charge < -0.3 is 10.2 Å². The molecule has 1 unspecified atom stereocenters. The highest BCUT2D eigenvalue weighted by Crippen LogP contribution is 2.25. The van der Waals surface area contributed by atoms with Gasteiger partial charge in [-0.25, -0.2) is 8.42 Å². The van der Waals surface area contributed by atoms with Crippen LogP contribution < -0.4 is 5.32 Å². The van der Waals surface area contributed by atoms with E-state index in [9.17, 15) is 8.42 Å². The Hall–Kier alpha value is -0.870. The first-order valence-corrected chi connectivity index (χ1v) is 12.1. The van der Waals surface area contributed by atoms with Gasteiger partial charge in [-0.2, -0.15) is 0 Å². The van der Waals surface area contributed by atoms with Gasteiger partial charge in [0.15, 0.2) is 15.8 Å². The first-order chi connectivity index (χ1) is 13.2. The molecule has 8 heteroatoms. The molecule has 166 valence electrons. The molecule has 0 saturated carbocycles. The molecule has 1 fully saturated rings. The number of piperazine rings is 1. The highest BCUT2D eigenvalue weighted by molar-refractivity contribution is 14.0. The van der Waals surface area contributed by atoms with E-state index in [1.165, 1.54) is 11.8 Å². The van der Waals surface area contributed by atoms with Crippen molar-refractivity contribution < 1.29 is 8.42 Å². The summed E-state index contributed by atoms with van der Waals surface area (Å²) in [6, 6.07) is 11.1. The Bertz CT molecular complexity index is 745. The third kappa shape index (κ3) is 7.10. The summed E-state index contributed by atoms with van der Waals surface area (Å²) in [4.78, 5) is 9.44. The zero-order valence-corrected chi connectivity index (χ0v) is 21.5. The Morgan fingerprint density at radius 2 is 1.72 bits per heavy atom. The summed E-state index contributed by atoms with van der Waals surface area (Å²) < 4.78 is 23.1. The predicted molar refractivity (Wildman–Crippen MR) is 133 cm³/mol. The standard InChI is InChI=1S/C21H36N4O2S.HI/c1-6-19(18-11-9-8-10-12-18)24-13-15-25(16-14-24)20(22-7-2)23-17-21(3,4)28(5,26)27;/h8-12,19H,6-7,13-17H2,1-5H3,(H,22,23);1H. The van der Waals surface area contributed by atoms with Crippen LogP contribution in [-0.2, 0) is 9.84 Å². The van der Waals surface area contributed by atoms with E-state index in [0.29, 0.717) is 6.04 Å². The van der Waals surface area contributed by atoms with Crippen LogP contribution in [-0.4, -0.2) is 74.4 Å². The number of guanidine groups is 1. The Labute approximate surface area is 194 Å². The van der Waals surface area contributed by atoms with Crippen molar-refractivity contribution in [3.63, 3.8) is 0 Å². The molecule has 1 aliphatic heterocycles. The zero-order chi connectivity index (χ0) is 20.8. The van der Waals surface area contributed by atoms with Crippen molar-refractivity contribution in [3.05, 3.63) is 35.9 Å². The third-order valence-electron chi connectivity index (χ3n) is 5.57.